The summed E-state index contributed by atoms with van der Waals surface area (Å²) in [4.78, 5) is 0. The molecule has 0 fully saturated rings. The monoisotopic (exact) mass is 143 g/mol. The van der Waals surface area contributed by atoms with Gasteiger partial charge in [0.05, 0.1) is 5.66 Å². The fraction of sp³-hybridized carbons (Fsp3) is 0.714. The minimum absolute atomic E-state index is 0.625. The molecule has 0 bridgehead atoms. The Labute approximate surface area is 62.3 Å². The van der Waals surface area contributed by atoms with Crippen LogP contribution in [0.2, 0.25) is 0 Å². The zero-order chi connectivity index (χ0) is 8.20. The van der Waals surface area contributed by atoms with E-state index in [0.717, 1.165) is 12.1 Å². The van der Waals surface area contributed by atoms with Crippen molar-refractivity contribution in [3.05, 3.63) is 11.8 Å². The summed E-state index contributed by atoms with van der Waals surface area (Å²) in [6, 6.07) is 0. The van der Waals surface area contributed by atoms with E-state index < -0.39 is 5.66 Å². The molecule has 6 N–H and O–H groups in total. The maximum absolute atomic E-state index is 5.53. The maximum Gasteiger partial charge on any atom is 0.0643 e. The highest BCUT2D eigenvalue weighted by Crippen LogP contribution is 2.00. The van der Waals surface area contributed by atoms with Gasteiger partial charge in [0.1, 0.15) is 0 Å². The Bertz CT molecular complexity index is 121. The van der Waals surface area contributed by atoms with Gasteiger partial charge in [0.25, 0.3) is 0 Å². The number of hydrogen-bond acceptors (Lipinski definition) is 3. The average Bonchev–Trinajstić information content (AvgIpc) is 1.81. The van der Waals surface area contributed by atoms with E-state index in [1.165, 1.54) is 0 Å². The summed E-state index contributed by atoms with van der Waals surface area (Å²) in [5.41, 5.74) is 16.8. The third-order valence-corrected chi connectivity index (χ3v) is 1.21. The lowest BCUT2D eigenvalue weighted by molar-refractivity contribution is 0.495. The first kappa shape index (κ1) is 9.46. The molecular formula is C7H17N3. The first-order valence-corrected chi connectivity index (χ1v) is 3.48. The van der Waals surface area contributed by atoms with Gasteiger partial charge in [-0.2, -0.15) is 0 Å². The molecule has 0 atom stereocenters. The summed E-state index contributed by atoms with van der Waals surface area (Å²) in [7, 11) is 0. The number of hydrogen-bond donors (Lipinski definition) is 3. The third kappa shape index (κ3) is 5.59. The van der Waals surface area contributed by atoms with Crippen LogP contribution in [-0.2, 0) is 0 Å². The van der Waals surface area contributed by atoms with E-state index in [4.69, 9.17) is 17.2 Å². The van der Waals surface area contributed by atoms with Crippen LogP contribution in [0.25, 0.3) is 0 Å². The Morgan fingerprint density at radius 2 is 2.00 bits per heavy atom. The van der Waals surface area contributed by atoms with Gasteiger partial charge in [0.15, 0.2) is 0 Å². The largest absolute Gasteiger partial charge is 0.402 e. The van der Waals surface area contributed by atoms with Crippen molar-refractivity contribution in [2.45, 2.75) is 32.4 Å². The van der Waals surface area contributed by atoms with Crippen LogP contribution in [-0.4, -0.2) is 5.66 Å². The number of nitrogens with two attached hydrogens (primary N) is 3. The molecule has 0 radical (unpaired) electrons. The van der Waals surface area contributed by atoms with Crippen LogP contribution in [0.15, 0.2) is 11.8 Å². The van der Waals surface area contributed by atoms with Gasteiger partial charge in [-0.25, -0.2) is 0 Å². The van der Waals surface area contributed by atoms with Gasteiger partial charge in [0, 0.05) is 5.70 Å². The summed E-state index contributed by atoms with van der Waals surface area (Å²) in [6.45, 7) is 3.77. The minimum atomic E-state index is -0.625. The third-order valence-electron chi connectivity index (χ3n) is 1.21. The van der Waals surface area contributed by atoms with Crippen molar-refractivity contribution in [3.8, 4) is 0 Å². The van der Waals surface area contributed by atoms with Crippen molar-refractivity contribution in [2.24, 2.45) is 17.2 Å². The highest BCUT2D eigenvalue weighted by Gasteiger charge is 2.07. The van der Waals surface area contributed by atoms with Crippen molar-refractivity contribution in [1.29, 1.82) is 0 Å². The minimum Gasteiger partial charge on any atom is -0.402 e. The SMILES string of the molecule is CC/C(N)=C\CC(C)(N)N. The number of rotatable bonds is 3. The smallest absolute Gasteiger partial charge is 0.0643 e. The maximum atomic E-state index is 5.53. The molecule has 0 heterocycles. The molecule has 10 heavy (non-hydrogen) atoms. The molecule has 3 heteroatoms. The molecule has 0 unspecified atom stereocenters. The topological polar surface area (TPSA) is 78.1 Å². The molecule has 0 saturated carbocycles. The molecule has 0 spiro atoms. The summed E-state index contributed by atoms with van der Waals surface area (Å²) < 4.78 is 0. The normalized spacial score (nSPS) is 13.8. The highest BCUT2D eigenvalue weighted by molar-refractivity contribution is 4.98. The van der Waals surface area contributed by atoms with Crippen LogP contribution in [0, 0.1) is 0 Å². The van der Waals surface area contributed by atoms with E-state index in [0.29, 0.717) is 6.42 Å². The van der Waals surface area contributed by atoms with Crippen LogP contribution in [0.3, 0.4) is 0 Å². The zero-order valence-corrected chi connectivity index (χ0v) is 6.72. The van der Waals surface area contributed by atoms with E-state index in [-0.39, 0.29) is 0 Å². The van der Waals surface area contributed by atoms with E-state index in [1.54, 1.807) is 6.92 Å². The van der Waals surface area contributed by atoms with Crippen LogP contribution < -0.4 is 17.2 Å². The second-order valence-corrected chi connectivity index (χ2v) is 2.84. The molecule has 0 aliphatic carbocycles. The fourth-order valence-corrected chi connectivity index (χ4v) is 0.495. The molecule has 3 nitrogen and oxygen atoms in total. The second-order valence-electron chi connectivity index (χ2n) is 2.84. The fourth-order valence-electron chi connectivity index (χ4n) is 0.495. The van der Waals surface area contributed by atoms with Gasteiger partial charge < -0.3 is 17.2 Å². The second kappa shape index (κ2) is 3.58. The summed E-state index contributed by atoms with van der Waals surface area (Å²) in [6.07, 6.45) is 3.36. The van der Waals surface area contributed by atoms with Gasteiger partial charge in [0.2, 0.25) is 0 Å². The van der Waals surface area contributed by atoms with E-state index in [2.05, 4.69) is 0 Å². The predicted molar refractivity (Wildman–Crippen MR) is 44.0 cm³/mol. The average molecular weight is 143 g/mol. The van der Waals surface area contributed by atoms with Gasteiger partial charge >= 0.3 is 0 Å². The standard InChI is InChI=1S/C7H17N3/c1-3-6(8)4-5-7(2,9)10/h4H,3,5,8-10H2,1-2H3/b6-4+. The lowest BCUT2D eigenvalue weighted by Crippen LogP contribution is -2.45. The van der Waals surface area contributed by atoms with Crippen LogP contribution in [0.4, 0.5) is 0 Å². The van der Waals surface area contributed by atoms with Crippen molar-refractivity contribution in [2.75, 3.05) is 0 Å². The Morgan fingerprint density at radius 1 is 1.50 bits per heavy atom. The quantitative estimate of drug-likeness (QED) is 0.496. The van der Waals surface area contributed by atoms with Crippen molar-refractivity contribution in [1.82, 2.24) is 0 Å². The Morgan fingerprint density at radius 3 is 2.30 bits per heavy atom. The summed E-state index contributed by atoms with van der Waals surface area (Å²) >= 11 is 0. The van der Waals surface area contributed by atoms with Crippen molar-refractivity contribution in [3.63, 3.8) is 0 Å². The van der Waals surface area contributed by atoms with Crippen molar-refractivity contribution < 1.29 is 0 Å². The van der Waals surface area contributed by atoms with Gasteiger partial charge in [-0.05, 0) is 19.8 Å². The first-order valence-electron chi connectivity index (χ1n) is 3.48. The van der Waals surface area contributed by atoms with Gasteiger partial charge in [-0.3, -0.25) is 0 Å². The van der Waals surface area contributed by atoms with Crippen LogP contribution >= 0.6 is 0 Å². The predicted octanol–water partition coefficient (Wildman–Crippen LogP) is 0.263. The lowest BCUT2D eigenvalue weighted by atomic mass is 10.1. The first-order chi connectivity index (χ1) is 4.45. The molecule has 0 aliphatic rings. The molecule has 0 aromatic rings. The van der Waals surface area contributed by atoms with Crippen molar-refractivity contribution >= 4 is 0 Å². The molecular weight excluding hydrogens is 126 g/mol. The van der Waals surface area contributed by atoms with Crippen LogP contribution in [0.5, 0.6) is 0 Å². The molecule has 0 aromatic heterocycles. The number of allylic oxidation sites excluding steroid dienone is 1. The molecule has 0 saturated heterocycles. The Kier molecular flexibility index (Phi) is 3.39. The molecule has 0 amide bonds. The van der Waals surface area contributed by atoms with Gasteiger partial charge in [-0.15, -0.1) is 0 Å². The van der Waals surface area contributed by atoms with E-state index in [1.807, 2.05) is 13.0 Å². The van der Waals surface area contributed by atoms with E-state index in [9.17, 15) is 0 Å². The van der Waals surface area contributed by atoms with Gasteiger partial charge in [-0.1, -0.05) is 13.0 Å². The van der Waals surface area contributed by atoms with E-state index >= 15 is 0 Å². The Hall–Kier alpha value is -0.540. The lowest BCUT2D eigenvalue weighted by Gasteiger charge is -2.15. The van der Waals surface area contributed by atoms with Crippen LogP contribution in [0.1, 0.15) is 26.7 Å². The molecule has 0 aromatic carbocycles. The summed E-state index contributed by atoms with van der Waals surface area (Å²) in [5, 5.41) is 0. The molecule has 0 rings (SSSR count). The molecule has 60 valence electrons. The summed E-state index contributed by atoms with van der Waals surface area (Å²) in [5.74, 6) is 0. The highest BCUT2D eigenvalue weighted by atomic mass is 14.9. The zero-order valence-electron chi connectivity index (χ0n) is 6.72. The Balaban J connectivity index is 3.73. The molecule has 0 aliphatic heterocycles.